The first kappa shape index (κ1) is 20.4. The molecule has 1 saturated heterocycles. The molecule has 2 aromatic heterocycles. The fourth-order valence-corrected chi connectivity index (χ4v) is 4.38. The number of hydrogen-bond donors (Lipinski definition) is 0. The molecule has 0 bridgehead atoms. The van der Waals surface area contributed by atoms with Crippen LogP contribution < -0.4 is 0 Å². The first-order valence-electron chi connectivity index (χ1n) is 11.2. The van der Waals surface area contributed by atoms with E-state index in [2.05, 4.69) is 41.2 Å². The average molecular weight is 430 g/mol. The van der Waals surface area contributed by atoms with Crippen LogP contribution in [0.1, 0.15) is 42.2 Å². The molecule has 7 nitrogen and oxygen atoms in total. The molecule has 164 valence electrons. The van der Waals surface area contributed by atoms with E-state index in [1.807, 2.05) is 46.1 Å². The van der Waals surface area contributed by atoms with Crippen molar-refractivity contribution in [3.8, 4) is 11.4 Å². The van der Waals surface area contributed by atoms with Crippen molar-refractivity contribution >= 4 is 16.8 Å². The van der Waals surface area contributed by atoms with Crippen molar-refractivity contribution in [2.24, 2.45) is 0 Å². The lowest BCUT2D eigenvalue weighted by Gasteiger charge is -2.30. The smallest absolute Gasteiger partial charge is 0.230 e. The number of carbonyl (C=O) groups excluding carboxylic acids is 1. The Kier molecular flexibility index (Phi) is 5.47. The fraction of sp³-hybridized carbons (Fsp3) is 0.360. The quantitative estimate of drug-likeness (QED) is 0.467. The molecular formula is C25H27N5O2. The molecule has 1 amide bonds. The highest BCUT2D eigenvalue weighted by Crippen LogP contribution is 2.29. The van der Waals surface area contributed by atoms with Crippen LogP contribution in [0.4, 0.5) is 0 Å². The number of carbonyl (C=O) groups is 1. The van der Waals surface area contributed by atoms with Crippen LogP contribution >= 0.6 is 0 Å². The second kappa shape index (κ2) is 8.57. The zero-order valence-corrected chi connectivity index (χ0v) is 18.5. The molecule has 0 atom stereocenters. The Labute approximate surface area is 187 Å². The first-order valence-corrected chi connectivity index (χ1v) is 11.2. The van der Waals surface area contributed by atoms with E-state index in [-0.39, 0.29) is 11.8 Å². The van der Waals surface area contributed by atoms with Gasteiger partial charge < -0.3 is 9.42 Å². The zero-order chi connectivity index (χ0) is 22.1. The van der Waals surface area contributed by atoms with Gasteiger partial charge in [-0.15, -0.1) is 0 Å². The highest BCUT2D eigenvalue weighted by Gasteiger charge is 2.27. The lowest BCUT2D eigenvalue weighted by atomic mass is 9.96. The molecule has 0 unspecified atom stereocenters. The summed E-state index contributed by atoms with van der Waals surface area (Å²) in [5, 5.41) is 9.78. The first-order chi connectivity index (χ1) is 15.6. The minimum atomic E-state index is 0.172. The van der Waals surface area contributed by atoms with Gasteiger partial charge in [0, 0.05) is 36.4 Å². The van der Waals surface area contributed by atoms with E-state index in [1.54, 1.807) is 0 Å². The molecule has 2 aromatic carbocycles. The van der Waals surface area contributed by atoms with Crippen molar-refractivity contribution in [2.45, 2.75) is 45.6 Å². The van der Waals surface area contributed by atoms with Crippen molar-refractivity contribution in [2.75, 3.05) is 13.1 Å². The van der Waals surface area contributed by atoms with E-state index in [4.69, 9.17) is 4.52 Å². The summed E-state index contributed by atoms with van der Waals surface area (Å²) in [7, 11) is 0. The van der Waals surface area contributed by atoms with Gasteiger partial charge in [0.05, 0.1) is 18.3 Å². The van der Waals surface area contributed by atoms with Gasteiger partial charge in [0.15, 0.2) is 0 Å². The Morgan fingerprint density at radius 2 is 1.88 bits per heavy atom. The monoisotopic (exact) mass is 429 g/mol. The van der Waals surface area contributed by atoms with Crippen LogP contribution in [-0.4, -0.2) is 43.8 Å². The summed E-state index contributed by atoms with van der Waals surface area (Å²) in [5.41, 5.74) is 4.44. The minimum Gasteiger partial charge on any atom is -0.343 e. The number of benzene rings is 2. The van der Waals surface area contributed by atoms with Gasteiger partial charge in [0.1, 0.15) is 0 Å². The highest BCUT2D eigenvalue weighted by molar-refractivity contribution is 5.82. The molecule has 0 spiro atoms. The largest absolute Gasteiger partial charge is 0.343 e. The topological polar surface area (TPSA) is 77.0 Å². The van der Waals surface area contributed by atoms with Gasteiger partial charge in [0.25, 0.3) is 0 Å². The third-order valence-electron chi connectivity index (χ3n) is 6.39. The average Bonchev–Trinajstić information content (AvgIpc) is 3.47. The number of aryl methyl sites for hydroxylation is 3. The molecule has 3 heterocycles. The summed E-state index contributed by atoms with van der Waals surface area (Å²) in [6, 6.07) is 14.3. The van der Waals surface area contributed by atoms with Crippen LogP contribution in [0, 0.1) is 13.8 Å². The fourth-order valence-electron chi connectivity index (χ4n) is 4.38. The Balaban J connectivity index is 1.16. The highest BCUT2D eigenvalue weighted by atomic mass is 16.5. The SMILES string of the molecule is Cc1ccc(-c2noc(C3CCN(C(=O)CCn4ncc5c(C)cccc54)CC3)n2)cc1. The molecule has 1 fully saturated rings. The molecule has 4 aromatic rings. The van der Waals surface area contributed by atoms with Crippen LogP contribution in [0.15, 0.2) is 53.2 Å². The Bertz CT molecular complexity index is 1230. The van der Waals surface area contributed by atoms with Crippen molar-refractivity contribution < 1.29 is 9.32 Å². The van der Waals surface area contributed by atoms with Crippen LogP contribution in [0.2, 0.25) is 0 Å². The van der Waals surface area contributed by atoms with Gasteiger partial charge in [0.2, 0.25) is 17.6 Å². The second-order valence-electron chi connectivity index (χ2n) is 8.60. The molecule has 0 radical (unpaired) electrons. The van der Waals surface area contributed by atoms with Crippen LogP contribution in [0.25, 0.3) is 22.3 Å². The van der Waals surface area contributed by atoms with Crippen LogP contribution in [0.5, 0.6) is 0 Å². The third kappa shape index (κ3) is 4.02. The van der Waals surface area contributed by atoms with E-state index in [0.29, 0.717) is 37.8 Å². The van der Waals surface area contributed by atoms with Gasteiger partial charge in [-0.3, -0.25) is 9.48 Å². The number of hydrogen-bond acceptors (Lipinski definition) is 5. The predicted molar refractivity (Wildman–Crippen MR) is 122 cm³/mol. The van der Waals surface area contributed by atoms with Crippen molar-refractivity contribution in [1.29, 1.82) is 0 Å². The number of fused-ring (bicyclic) bond motifs is 1. The normalized spacial score (nSPS) is 14.9. The van der Waals surface area contributed by atoms with E-state index < -0.39 is 0 Å². The minimum absolute atomic E-state index is 0.172. The molecule has 0 N–H and O–H groups in total. The Morgan fingerprint density at radius 3 is 2.66 bits per heavy atom. The lowest BCUT2D eigenvalue weighted by molar-refractivity contribution is -0.132. The maximum absolute atomic E-state index is 12.8. The molecule has 1 aliphatic rings. The zero-order valence-electron chi connectivity index (χ0n) is 18.5. The summed E-state index contributed by atoms with van der Waals surface area (Å²) < 4.78 is 7.48. The van der Waals surface area contributed by atoms with E-state index >= 15 is 0 Å². The molecule has 0 aliphatic carbocycles. The Morgan fingerprint density at radius 1 is 1.09 bits per heavy atom. The van der Waals surface area contributed by atoms with Gasteiger partial charge in [-0.1, -0.05) is 47.1 Å². The number of nitrogens with zero attached hydrogens (tertiary/aromatic N) is 5. The van der Waals surface area contributed by atoms with E-state index in [0.717, 1.165) is 29.3 Å². The molecule has 1 aliphatic heterocycles. The predicted octanol–water partition coefficient (Wildman–Crippen LogP) is 4.50. The lowest BCUT2D eigenvalue weighted by Crippen LogP contribution is -2.38. The van der Waals surface area contributed by atoms with Crippen molar-refractivity contribution in [3.05, 3.63) is 65.7 Å². The maximum atomic E-state index is 12.8. The number of rotatable bonds is 5. The van der Waals surface area contributed by atoms with Crippen molar-refractivity contribution in [3.63, 3.8) is 0 Å². The summed E-state index contributed by atoms with van der Waals surface area (Å²) in [6.07, 6.45) is 4.01. The summed E-state index contributed by atoms with van der Waals surface area (Å²) >= 11 is 0. The van der Waals surface area contributed by atoms with Crippen LogP contribution in [0.3, 0.4) is 0 Å². The molecule has 0 saturated carbocycles. The van der Waals surface area contributed by atoms with Gasteiger partial charge in [-0.25, -0.2) is 0 Å². The molecule has 7 heteroatoms. The number of piperidine rings is 1. The standard InChI is InChI=1S/C25H27N5O2/c1-17-6-8-19(9-7-17)24-27-25(32-28-24)20-10-13-29(14-11-20)23(31)12-15-30-22-5-3-4-18(2)21(22)16-26-30/h3-9,16,20H,10-15H2,1-2H3. The van der Waals surface area contributed by atoms with Crippen molar-refractivity contribution in [1.82, 2.24) is 24.8 Å². The number of aromatic nitrogens is 4. The van der Waals surface area contributed by atoms with Gasteiger partial charge in [-0.2, -0.15) is 10.1 Å². The van der Waals surface area contributed by atoms with Crippen LogP contribution in [-0.2, 0) is 11.3 Å². The third-order valence-corrected chi connectivity index (χ3v) is 6.39. The van der Waals surface area contributed by atoms with E-state index in [1.165, 1.54) is 11.1 Å². The summed E-state index contributed by atoms with van der Waals surface area (Å²) in [4.78, 5) is 19.4. The van der Waals surface area contributed by atoms with E-state index in [9.17, 15) is 4.79 Å². The number of amides is 1. The summed E-state index contributed by atoms with van der Waals surface area (Å²) in [5.74, 6) is 1.67. The molecule has 32 heavy (non-hydrogen) atoms. The Hall–Kier alpha value is -3.48. The maximum Gasteiger partial charge on any atom is 0.230 e. The van der Waals surface area contributed by atoms with Gasteiger partial charge in [-0.05, 0) is 38.3 Å². The number of likely N-dealkylation sites (tertiary alicyclic amines) is 1. The molecular weight excluding hydrogens is 402 g/mol. The molecule has 5 rings (SSSR count). The van der Waals surface area contributed by atoms with Gasteiger partial charge >= 0.3 is 0 Å². The second-order valence-corrected chi connectivity index (χ2v) is 8.60. The summed E-state index contributed by atoms with van der Waals surface area (Å²) in [6.45, 7) is 6.15.